The number of hydrogen-bond donors (Lipinski definition) is 0. The number of likely N-dealkylation sites (tertiary alicyclic amines) is 1. The molecule has 0 bridgehead atoms. The van der Waals surface area contributed by atoms with E-state index in [0.717, 1.165) is 18.5 Å². The molecule has 0 saturated carbocycles. The molecule has 10 heteroatoms. The number of para-hydroxylation sites is 1. The van der Waals surface area contributed by atoms with Crippen molar-refractivity contribution in [2.45, 2.75) is 32.1 Å². The molecule has 1 unspecified atom stereocenters. The van der Waals surface area contributed by atoms with E-state index in [9.17, 15) is 9.59 Å². The highest BCUT2D eigenvalue weighted by Crippen LogP contribution is 2.33. The molecule has 36 heavy (non-hydrogen) atoms. The molecule has 0 aliphatic carbocycles. The summed E-state index contributed by atoms with van der Waals surface area (Å²) < 4.78 is 16.5. The highest BCUT2D eigenvalue weighted by Gasteiger charge is 2.38. The van der Waals surface area contributed by atoms with Gasteiger partial charge in [-0.2, -0.15) is 4.98 Å². The summed E-state index contributed by atoms with van der Waals surface area (Å²) in [6.07, 6.45) is 3.27. The van der Waals surface area contributed by atoms with Gasteiger partial charge in [0.2, 0.25) is 23.5 Å². The van der Waals surface area contributed by atoms with E-state index in [1.165, 1.54) is 0 Å². The monoisotopic (exact) mass is 491 g/mol. The number of amides is 2. The summed E-state index contributed by atoms with van der Waals surface area (Å²) in [5.41, 5.74) is 1.37. The summed E-state index contributed by atoms with van der Waals surface area (Å²) in [7, 11) is 1.57. The maximum atomic E-state index is 13.2. The lowest BCUT2D eigenvalue weighted by Crippen LogP contribution is -2.42. The largest absolute Gasteiger partial charge is 0.493 e. The number of hydrogen-bond acceptors (Lipinski definition) is 8. The molecule has 2 amide bonds. The van der Waals surface area contributed by atoms with Crippen LogP contribution in [0.25, 0.3) is 11.5 Å². The molecule has 2 aliphatic rings. The van der Waals surface area contributed by atoms with Gasteiger partial charge in [-0.25, -0.2) is 4.98 Å². The lowest BCUT2D eigenvalue weighted by Gasteiger charge is -2.32. The summed E-state index contributed by atoms with van der Waals surface area (Å²) in [4.78, 5) is 38.2. The molecule has 1 aromatic carbocycles. The Labute approximate surface area is 209 Å². The lowest BCUT2D eigenvalue weighted by atomic mass is 9.95. The number of anilines is 1. The molecule has 10 nitrogen and oxygen atoms in total. The highest BCUT2D eigenvalue weighted by atomic mass is 16.5. The van der Waals surface area contributed by atoms with Gasteiger partial charge in [0.15, 0.2) is 11.5 Å². The quantitative estimate of drug-likeness (QED) is 0.495. The van der Waals surface area contributed by atoms with Gasteiger partial charge < -0.3 is 23.8 Å². The van der Waals surface area contributed by atoms with E-state index in [1.54, 1.807) is 24.3 Å². The Morgan fingerprint density at radius 3 is 2.67 bits per heavy atom. The summed E-state index contributed by atoms with van der Waals surface area (Å²) in [5, 5.41) is 4.11. The second-order valence-corrected chi connectivity index (χ2v) is 8.95. The van der Waals surface area contributed by atoms with Crippen LogP contribution in [0.4, 0.5) is 5.69 Å². The molecule has 2 fully saturated rings. The number of nitrogens with zero attached hydrogens (tertiary/aromatic N) is 5. The standard InChI is InChI=1S/C26H29N5O5/c1-3-35-22-15-27-20(14-21(22)34-2)24-28-25(36-29-24)17-9-11-30(12-10-17)26(33)18-13-23(32)31(16-18)19-7-5-4-6-8-19/h4-8,14-15,17-18H,3,9-13,16H2,1-2H3. The molecule has 2 aromatic heterocycles. The van der Waals surface area contributed by atoms with Crippen LogP contribution in [0.15, 0.2) is 47.1 Å². The van der Waals surface area contributed by atoms with Crippen LogP contribution in [-0.4, -0.2) is 65.2 Å². The van der Waals surface area contributed by atoms with Gasteiger partial charge >= 0.3 is 0 Å². The summed E-state index contributed by atoms with van der Waals surface area (Å²) in [5.74, 6) is 1.81. The van der Waals surface area contributed by atoms with E-state index in [4.69, 9.17) is 14.0 Å². The Balaban J connectivity index is 1.19. The van der Waals surface area contributed by atoms with Crippen LogP contribution in [0.5, 0.6) is 11.5 Å². The molecule has 0 radical (unpaired) electrons. The fourth-order valence-electron chi connectivity index (χ4n) is 4.81. The number of piperidine rings is 1. The van der Waals surface area contributed by atoms with Crippen LogP contribution in [-0.2, 0) is 9.59 Å². The van der Waals surface area contributed by atoms with E-state index in [2.05, 4.69) is 15.1 Å². The van der Waals surface area contributed by atoms with Crippen LogP contribution in [0.2, 0.25) is 0 Å². The Kier molecular flexibility index (Phi) is 6.84. The molecule has 5 rings (SSSR count). The molecular formula is C26H29N5O5. The van der Waals surface area contributed by atoms with Crippen molar-refractivity contribution in [3.05, 3.63) is 48.5 Å². The molecule has 0 N–H and O–H groups in total. The average Bonchev–Trinajstić information content (AvgIpc) is 3.57. The fourth-order valence-corrected chi connectivity index (χ4v) is 4.81. The Hall–Kier alpha value is -3.95. The van der Waals surface area contributed by atoms with Crippen LogP contribution in [0.1, 0.15) is 38.0 Å². The van der Waals surface area contributed by atoms with E-state index in [-0.39, 0.29) is 30.1 Å². The van der Waals surface area contributed by atoms with Gasteiger partial charge in [0.25, 0.3) is 0 Å². The van der Waals surface area contributed by atoms with Crippen LogP contribution in [0.3, 0.4) is 0 Å². The fraction of sp³-hybridized carbons (Fsp3) is 0.423. The highest BCUT2D eigenvalue weighted by molar-refractivity contribution is 6.00. The molecule has 188 valence electrons. The Morgan fingerprint density at radius 1 is 1.17 bits per heavy atom. The minimum absolute atomic E-state index is 0.00708. The van der Waals surface area contributed by atoms with Gasteiger partial charge in [-0.05, 0) is 31.9 Å². The van der Waals surface area contributed by atoms with Crippen molar-refractivity contribution < 1.29 is 23.6 Å². The molecule has 3 aromatic rings. The molecular weight excluding hydrogens is 462 g/mol. The second-order valence-electron chi connectivity index (χ2n) is 8.95. The zero-order chi connectivity index (χ0) is 25.1. The predicted molar refractivity (Wildman–Crippen MR) is 131 cm³/mol. The Morgan fingerprint density at radius 2 is 1.94 bits per heavy atom. The van der Waals surface area contributed by atoms with Crippen molar-refractivity contribution in [1.82, 2.24) is 20.0 Å². The number of methoxy groups -OCH3 is 1. The lowest BCUT2D eigenvalue weighted by molar-refractivity contribution is -0.136. The van der Waals surface area contributed by atoms with Gasteiger partial charge in [0, 0.05) is 43.7 Å². The number of benzene rings is 1. The molecule has 0 spiro atoms. The van der Waals surface area contributed by atoms with Gasteiger partial charge in [0.05, 0.1) is 25.8 Å². The molecule has 1 atom stereocenters. The summed E-state index contributed by atoms with van der Waals surface area (Å²) in [6.45, 7) is 4.00. The van der Waals surface area contributed by atoms with Crippen LogP contribution in [0, 0.1) is 5.92 Å². The minimum Gasteiger partial charge on any atom is -0.493 e. The zero-order valence-corrected chi connectivity index (χ0v) is 20.4. The number of aromatic nitrogens is 3. The summed E-state index contributed by atoms with van der Waals surface area (Å²) in [6, 6.07) is 11.2. The third-order valence-corrected chi connectivity index (χ3v) is 6.72. The first-order valence-electron chi connectivity index (χ1n) is 12.2. The number of ether oxygens (including phenoxy) is 2. The number of carbonyl (C=O) groups is 2. The number of rotatable bonds is 7. The molecule has 2 aliphatic heterocycles. The maximum absolute atomic E-state index is 13.2. The molecule has 4 heterocycles. The maximum Gasteiger partial charge on any atom is 0.230 e. The average molecular weight is 492 g/mol. The van der Waals surface area contributed by atoms with Crippen molar-refractivity contribution >= 4 is 17.5 Å². The van der Waals surface area contributed by atoms with E-state index < -0.39 is 0 Å². The minimum atomic E-state index is -0.315. The van der Waals surface area contributed by atoms with Crippen LogP contribution < -0.4 is 14.4 Å². The zero-order valence-electron chi connectivity index (χ0n) is 20.4. The number of carbonyl (C=O) groups excluding carboxylic acids is 2. The van der Waals surface area contributed by atoms with Gasteiger partial charge in [-0.15, -0.1) is 0 Å². The molecule has 2 saturated heterocycles. The van der Waals surface area contributed by atoms with Crippen LogP contribution >= 0.6 is 0 Å². The van der Waals surface area contributed by atoms with E-state index in [1.807, 2.05) is 42.2 Å². The third-order valence-electron chi connectivity index (χ3n) is 6.72. The normalized spacial score (nSPS) is 18.5. The smallest absolute Gasteiger partial charge is 0.230 e. The topological polar surface area (TPSA) is 111 Å². The predicted octanol–water partition coefficient (Wildman–Crippen LogP) is 3.30. The van der Waals surface area contributed by atoms with Gasteiger partial charge in [0.1, 0.15) is 5.69 Å². The van der Waals surface area contributed by atoms with Crippen molar-refractivity contribution in [3.8, 4) is 23.0 Å². The SMILES string of the molecule is CCOc1cnc(-c2noc(C3CCN(C(=O)C4CC(=O)N(c5ccccc5)C4)CC3)n2)cc1OC. The Bertz CT molecular complexity index is 1220. The third kappa shape index (κ3) is 4.75. The number of pyridine rings is 1. The first-order chi connectivity index (χ1) is 17.6. The van der Waals surface area contributed by atoms with E-state index in [0.29, 0.717) is 55.1 Å². The van der Waals surface area contributed by atoms with Gasteiger partial charge in [-0.1, -0.05) is 23.4 Å². The van der Waals surface area contributed by atoms with Crippen molar-refractivity contribution in [1.29, 1.82) is 0 Å². The van der Waals surface area contributed by atoms with Gasteiger partial charge in [-0.3, -0.25) is 9.59 Å². The van der Waals surface area contributed by atoms with Crippen molar-refractivity contribution in [2.24, 2.45) is 5.92 Å². The van der Waals surface area contributed by atoms with Crippen molar-refractivity contribution in [3.63, 3.8) is 0 Å². The van der Waals surface area contributed by atoms with E-state index >= 15 is 0 Å². The first-order valence-corrected chi connectivity index (χ1v) is 12.2. The first kappa shape index (κ1) is 23.8. The van der Waals surface area contributed by atoms with Crippen molar-refractivity contribution in [2.75, 3.05) is 38.3 Å². The second kappa shape index (κ2) is 10.3. The summed E-state index contributed by atoms with van der Waals surface area (Å²) >= 11 is 0.